The van der Waals surface area contributed by atoms with Crippen molar-refractivity contribution >= 4 is 16.6 Å². The van der Waals surface area contributed by atoms with Gasteiger partial charge in [0.05, 0.1) is 16.6 Å². The number of aromatic nitrogens is 4. The van der Waals surface area contributed by atoms with Gasteiger partial charge in [0, 0.05) is 24.9 Å². The SMILES string of the molecule is Cn1c(=O)c2ccccc2n2nc(-c3ccnc(C(F)F)c3)cc12. The summed E-state index contributed by atoms with van der Waals surface area (Å²) in [5.41, 5.74) is 1.86. The lowest BCUT2D eigenvalue weighted by Gasteiger charge is -2.05. The molecule has 0 N–H and O–H groups in total. The number of benzene rings is 1. The Kier molecular flexibility index (Phi) is 3.16. The molecule has 0 fully saturated rings. The van der Waals surface area contributed by atoms with E-state index in [0.29, 0.717) is 27.8 Å². The molecular formula is C17H12F2N4O. The molecule has 3 aromatic heterocycles. The Bertz CT molecular complexity index is 1130. The minimum absolute atomic E-state index is 0.132. The number of fused-ring (bicyclic) bond motifs is 3. The smallest absolute Gasteiger partial charge is 0.280 e. The van der Waals surface area contributed by atoms with Crippen molar-refractivity contribution in [1.29, 1.82) is 0 Å². The van der Waals surface area contributed by atoms with Gasteiger partial charge in [-0.2, -0.15) is 5.10 Å². The lowest BCUT2D eigenvalue weighted by molar-refractivity contribution is 0.146. The van der Waals surface area contributed by atoms with Gasteiger partial charge in [0.2, 0.25) is 0 Å². The predicted molar refractivity (Wildman–Crippen MR) is 86.1 cm³/mol. The van der Waals surface area contributed by atoms with Gasteiger partial charge in [0.15, 0.2) is 0 Å². The maximum atomic E-state index is 12.9. The zero-order chi connectivity index (χ0) is 16.8. The normalized spacial score (nSPS) is 11.7. The van der Waals surface area contributed by atoms with Crippen molar-refractivity contribution in [3.63, 3.8) is 0 Å². The molecule has 5 nitrogen and oxygen atoms in total. The molecule has 0 saturated heterocycles. The van der Waals surface area contributed by atoms with E-state index < -0.39 is 6.43 Å². The van der Waals surface area contributed by atoms with Crippen LogP contribution in [0.3, 0.4) is 0 Å². The Balaban J connectivity index is 2.03. The maximum absolute atomic E-state index is 12.9. The number of aryl methyl sites for hydroxylation is 1. The highest BCUT2D eigenvalue weighted by atomic mass is 19.3. The first kappa shape index (κ1) is 14.5. The lowest BCUT2D eigenvalue weighted by atomic mass is 10.1. The number of alkyl halides is 2. The molecule has 1 aromatic carbocycles. The van der Waals surface area contributed by atoms with Crippen molar-refractivity contribution in [3.05, 3.63) is 64.7 Å². The lowest BCUT2D eigenvalue weighted by Crippen LogP contribution is -2.19. The summed E-state index contributed by atoms with van der Waals surface area (Å²) in [6.07, 6.45) is -1.31. The molecule has 120 valence electrons. The van der Waals surface area contributed by atoms with Crippen molar-refractivity contribution in [1.82, 2.24) is 19.2 Å². The second-order valence-corrected chi connectivity index (χ2v) is 5.45. The van der Waals surface area contributed by atoms with Crippen molar-refractivity contribution in [2.75, 3.05) is 0 Å². The minimum Gasteiger partial charge on any atom is -0.296 e. The van der Waals surface area contributed by atoms with Gasteiger partial charge in [-0.05, 0) is 24.3 Å². The van der Waals surface area contributed by atoms with Crippen LogP contribution in [0.25, 0.3) is 27.8 Å². The highest BCUT2D eigenvalue weighted by Crippen LogP contribution is 2.25. The minimum atomic E-state index is -2.65. The molecule has 0 aliphatic carbocycles. The molecule has 0 bridgehead atoms. The fraction of sp³-hybridized carbons (Fsp3) is 0.118. The zero-order valence-electron chi connectivity index (χ0n) is 12.6. The first-order chi connectivity index (χ1) is 11.6. The van der Waals surface area contributed by atoms with Gasteiger partial charge in [-0.3, -0.25) is 14.3 Å². The van der Waals surface area contributed by atoms with Gasteiger partial charge in [0.25, 0.3) is 12.0 Å². The summed E-state index contributed by atoms with van der Waals surface area (Å²) in [7, 11) is 1.66. The molecule has 0 unspecified atom stereocenters. The fourth-order valence-corrected chi connectivity index (χ4v) is 2.78. The largest absolute Gasteiger partial charge is 0.296 e. The van der Waals surface area contributed by atoms with Crippen LogP contribution < -0.4 is 5.56 Å². The number of hydrogen-bond acceptors (Lipinski definition) is 3. The van der Waals surface area contributed by atoms with Gasteiger partial charge in [0.1, 0.15) is 11.3 Å². The molecule has 7 heteroatoms. The maximum Gasteiger partial charge on any atom is 0.280 e. The van der Waals surface area contributed by atoms with Gasteiger partial charge < -0.3 is 0 Å². The van der Waals surface area contributed by atoms with Crippen LogP contribution in [-0.2, 0) is 7.05 Å². The van der Waals surface area contributed by atoms with Crippen molar-refractivity contribution in [3.8, 4) is 11.3 Å². The fourth-order valence-electron chi connectivity index (χ4n) is 2.78. The van der Waals surface area contributed by atoms with E-state index in [-0.39, 0.29) is 11.3 Å². The van der Waals surface area contributed by atoms with Crippen LogP contribution in [0, 0.1) is 0 Å². The second kappa shape index (κ2) is 5.23. The topological polar surface area (TPSA) is 52.2 Å². The average molecular weight is 326 g/mol. The van der Waals surface area contributed by atoms with Crippen LogP contribution in [0.4, 0.5) is 8.78 Å². The first-order valence-electron chi connectivity index (χ1n) is 7.28. The van der Waals surface area contributed by atoms with E-state index in [4.69, 9.17) is 0 Å². The summed E-state index contributed by atoms with van der Waals surface area (Å²) in [4.78, 5) is 16.1. The van der Waals surface area contributed by atoms with Gasteiger partial charge in [-0.25, -0.2) is 13.3 Å². The molecule has 0 amide bonds. The Morgan fingerprint density at radius 2 is 1.92 bits per heavy atom. The molecule has 4 aromatic rings. The molecule has 0 atom stereocenters. The number of nitrogens with zero attached hydrogens (tertiary/aromatic N) is 4. The average Bonchev–Trinajstić information content (AvgIpc) is 3.05. The third-order valence-electron chi connectivity index (χ3n) is 4.00. The van der Waals surface area contributed by atoms with Crippen molar-refractivity contribution < 1.29 is 8.78 Å². The van der Waals surface area contributed by atoms with Gasteiger partial charge >= 0.3 is 0 Å². The van der Waals surface area contributed by atoms with Crippen LogP contribution >= 0.6 is 0 Å². The highest BCUT2D eigenvalue weighted by molar-refractivity contribution is 5.81. The standard InChI is InChI=1S/C17H12F2N4O/c1-22-15-9-12(10-6-7-20-13(8-10)16(18)19)21-23(15)14-5-3-2-4-11(14)17(22)24/h2-9,16H,1H3. The van der Waals surface area contributed by atoms with Gasteiger partial charge in [-0.15, -0.1) is 0 Å². The van der Waals surface area contributed by atoms with Crippen LogP contribution in [0.2, 0.25) is 0 Å². The van der Waals surface area contributed by atoms with Crippen LogP contribution in [0.15, 0.2) is 53.5 Å². The molecule has 0 saturated carbocycles. The van der Waals surface area contributed by atoms with Crippen LogP contribution in [-0.4, -0.2) is 19.2 Å². The van der Waals surface area contributed by atoms with Crippen molar-refractivity contribution in [2.45, 2.75) is 6.43 Å². The predicted octanol–water partition coefficient (Wildman–Crippen LogP) is 3.19. The number of halogens is 2. The number of pyridine rings is 1. The molecular weight excluding hydrogens is 314 g/mol. The molecule has 0 aliphatic heterocycles. The van der Waals surface area contributed by atoms with Crippen molar-refractivity contribution in [2.24, 2.45) is 7.05 Å². The Hall–Kier alpha value is -3.09. The Labute approximate surface area is 134 Å². The Morgan fingerprint density at radius 1 is 1.12 bits per heavy atom. The van der Waals surface area contributed by atoms with Crippen LogP contribution in [0.5, 0.6) is 0 Å². The number of para-hydroxylation sites is 1. The third-order valence-corrected chi connectivity index (χ3v) is 4.00. The quantitative estimate of drug-likeness (QED) is 0.568. The molecule has 24 heavy (non-hydrogen) atoms. The summed E-state index contributed by atoms with van der Waals surface area (Å²) in [6.45, 7) is 0. The molecule has 0 aliphatic rings. The van der Waals surface area contributed by atoms with E-state index in [0.717, 1.165) is 0 Å². The third kappa shape index (κ3) is 2.09. The second-order valence-electron chi connectivity index (χ2n) is 5.45. The molecule has 0 radical (unpaired) electrons. The molecule has 4 rings (SSSR count). The number of rotatable bonds is 2. The number of hydrogen-bond donors (Lipinski definition) is 0. The molecule has 3 heterocycles. The molecule has 0 spiro atoms. The summed E-state index contributed by atoms with van der Waals surface area (Å²) < 4.78 is 28.9. The highest BCUT2D eigenvalue weighted by Gasteiger charge is 2.14. The summed E-state index contributed by atoms with van der Waals surface area (Å²) in [5, 5.41) is 5.04. The summed E-state index contributed by atoms with van der Waals surface area (Å²) in [6, 6.07) is 11.8. The van der Waals surface area contributed by atoms with E-state index in [2.05, 4.69) is 10.1 Å². The van der Waals surface area contributed by atoms with E-state index in [9.17, 15) is 13.6 Å². The van der Waals surface area contributed by atoms with Gasteiger partial charge in [-0.1, -0.05) is 12.1 Å². The monoisotopic (exact) mass is 326 g/mol. The van der Waals surface area contributed by atoms with Crippen LogP contribution in [0.1, 0.15) is 12.1 Å². The van der Waals surface area contributed by atoms with E-state index >= 15 is 0 Å². The summed E-state index contributed by atoms with van der Waals surface area (Å²) >= 11 is 0. The zero-order valence-corrected chi connectivity index (χ0v) is 12.6. The first-order valence-corrected chi connectivity index (χ1v) is 7.28. The van der Waals surface area contributed by atoms with E-state index in [1.807, 2.05) is 6.07 Å². The van der Waals surface area contributed by atoms with E-state index in [1.165, 1.54) is 16.8 Å². The summed E-state index contributed by atoms with van der Waals surface area (Å²) in [5.74, 6) is 0. The Morgan fingerprint density at radius 3 is 2.71 bits per heavy atom. The van der Waals surface area contributed by atoms with E-state index in [1.54, 1.807) is 41.9 Å².